The Bertz CT molecular complexity index is 389. The van der Waals surface area contributed by atoms with Gasteiger partial charge in [-0.2, -0.15) is 11.3 Å². The monoisotopic (exact) mass is 208 g/mol. The minimum absolute atomic E-state index is 0.455. The number of aryl methyl sites for hydroxylation is 1. The first-order valence-corrected chi connectivity index (χ1v) is 5.45. The maximum atomic E-state index is 9.91. The summed E-state index contributed by atoms with van der Waals surface area (Å²) in [5, 5.41) is 14.0. The van der Waals surface area contributed by atoms with Crippen molar-refractivity contribution in [2.45, 2.75) is 19.4 Å². The SMILES string of the molecule is Cc1occc1C(O)Cc1ccsc1. The third kappa shape index (κ3) is 1.89. The number of aliphatic hydroxyl groups excluding tert-OH is 1. The lowest BCUT2D eigenvalue weighted by molar-refractivity contribution is 0.176. The molecule has 0 aromatic carbocycles. The Balaban J connectivity index is 2.10. The molecule has 3 heteroatoms. The van der Waals surface area contributed by atoms with E-state index < -0.39 is 6.10 Å². The first-order chi connectivity index (χ1) is 6.77. The number of hydrogen-bond acceptors (Lipinski definition) is 3. The predicted molar refractivity (Wildman–Crippen MR) is 56.4 cm³/mol. The van der Waals surface area contributed by atoms with Crippen molar-refractivity contribution < 1.29 is 9.52 Å². The number of thiophene rings is 1. The van der Waals surface area contributed by atoms with Crippen molar-refractivity contribution in [1.29, 1.82) is 0 Å². The molecule has 2 rings (SSSR count). The van der Waals surface area contributed by atoms with Crippen LogP contribution in [-0.2, 0) is 6.42 Å². The Morgan fingerprint density at radius 3 is 2.93 bits per heavy atom. The fourth-order valence-corrected chi connectivity index (χ4v) is 2.16. The van der Waals surface area contributed by atoms with Gasteiger partial charge >= 0.3 is 0 Å². The van der Waals surface area contributed by atoms with Crippen LogP contribution >= 0.6 is 11.3 Å². The van der Waals surface area contributed by atoms with Crippen LogP contribution < -0.4 is 0 Å². The average molecular weight is 208 g/mol. The van der Waals surface area contributed by atoms with Crippen molar-refractivity contribution in [2.24, 2.45) is 0 Å². The number of furan rings is 1. The van der Waals surface area contributed by atoms with Crippen LogP contribution in [0.25, 0.3) is 0 Å². The minimum atomic E-state index is -0.455. The van der Waals surface area contributed by atoms with Gasteiger partial charge in [-0.15, -0.1) is 0 Å². The molecule has 1 N–H and O–H groups in total. The normalized spacial score (nSPS) is 13.0. The van der Waals surface area contributed by atoms with Crippen molar-refractivity contribution >= 4 is 11.3 Å². The molecule has 2 heterocycles. The van der Waals surface area contributed by atoms with Gasteiger partial charge in [-0.1, -0.05) is 0 Å². The van der Waals surface area contributed by atoms with Gasteiger partial charge in [0.05, 0.1) is 12.4 Å². The fraction of sp³-hybridized carbons (Fsp3) is 0.273. The zero-order valence-electron chi connectivity index (χ0n) is 7.93. The van der Waals surface area contributed by atoms with E-state index in [1.807, 2.05) is 24.4 Å². The van der Waals surface area contributed by atoms with E-state index in [1.54, 1.807) is 17.6 Å². The van der Waals surface area contributed by atoms with Crippen LogP contribution in [0, 0.1) is 6.92 Å². The van der Waals surface area contributed by atoms with Gasteiger partial charge in [-0.25, -0.2) is 0 Å². The molecule has 0 saturated carbocycles. The quantitative estimate of drug-likeness (QED) is 0.841. The summed E-state index contributed by atoms with van der Waals surface area (Å²) in [5.41, 5.74) is 2.05. The molecule has 0 aliphatic carbocycles. The van der Waals surface area contributed by atoms with Gasteiger partial charge in [0.2, 0.25) is 0 Å². The predicted octanol–water partition coefficient (Wildman–Crippen LogP) is 2.93. The molecule has 14 heavy (non-hydrogen) atoms. The number of aliphatic hydroxyl groups is 1. The Kier molecular flexibility index (Phi) is 2.70. The molecule has 2 nitrogen and oxygen atoms in total. The molecule has 0 radical (unpaired) electrons. The Morgan fingerprint density at radius 2 is 2.36 bits per heavy atom. The topological polar surface area (TPSA) is 33.4 Å². The smallest absolute Gasteiger partial charge is 0.106 e. The summed E-state index contributed by atoms with van der Waals surface area (Å²) >= 11 is 1.65. The molecule has 2 aromatic heterocycles. The summed E-state index contributed by atoms with van der Waals surface area (Å²) in [5.74, 6) is 0.799. The molecular formula is C11H12O2S. The summed E-state index contributed by atoms with van der Waals surface area (Å²) < 4.78 is 5.15. The Hall–Kier alpha value is -1.06. The maximum Gasteiger partial charge on any atom is 0.106 e. The number of hydrogen-bond donors (Lipinski definition) is 1. The van der Waals surface area contributed by atoms with Crippen molar-refractivity contribution in [3.8, 4) is 0 Å². The highest BCUT2D eigenvalue weighted by Gasteiger charge is 2.13. The second kappa shape index (κ2) is 3.98. The molecule has 74 valence electrons. The molecular weight excluding hydrogens is 196 g/mol. The molecule has 0 amide bonds. The molecule has 2 aromatic rings. The zero-order valence-corrected chi connectivity index (χ0v) is 8.75. The second-order valence-electron chi connectivity index (χ2n) is 3.28. The second-order valence-corrected chi connectivity index (χ2v) is 4.06. The number of rotatable bonds is 3. The van der Waals surface area contributed by atoms with E-state index in [0.717, 1.165) is 11.3 Å². The maximum absolute atomic E-state index is 9.91. The summed E-state index contributed by atoms with van der Waals surface area (Å²) in [6.07, 6.45) is 1.81. The van der Waals surface area contributed by atoms with E-state index in [9.17, 15) is 5.11 Å². The fourth-order valence-electron chi connectivity index (χ4n) is 1.48. The average Bonchev–Trinajstić information content (AvgIpc) is 2.75. The lowest BCUT2D eigenvalue weighted by Crippen LogP contribution is -2.00. The Morgan fingerprint density at radius 1 is 1.50 bits per heavy atom. The van der Waals surface area contributed by atoms with Gasteiger partial charge in [-0.3, -0.25) is 0 Å². The lowest BCUT2D eigenvalue weighted by Gasteiger charge is -2.07. The largest absolute Gasteiger partial charge is 0.469 e. The van der Waals surface area contributed by atoms with Gasteiger partial charge in [-0.05, 0) is 35.4 Å². The van der Waals surface area contributed by atoms with Crippen molar-refractivity contribution in [3.05, 3.63) is 46.0 Å². The standard InChI is InChI=1S/C11H12O2S/c1-8-10(2-4-13-8)11(12)6-9-3-5-14-7-9/h2-5,7,11-12H,6H2,1H3. The van der Waals surface area contributed by atoms with Crippen molar-refractivity contribution in [1.82, 2.24) is 0 Å². The van der Waals surface area contributed by atoms with Crippen LogP contribution in [0.4, 0.5) is 0 Å². The highest BCUT2D eigenvalue weighted by Crippen LogP contribution is 2.23. The summed E-state index contributed by atoms with van der Waals surface area (Å²) in [6.45, 7) is 1.87. The van der Waals surface area contributed by atoms with Gasteiger partial charge in [0.25, 0.3) is 0 Å². The third-order valence-corrected chi connectivity index (χ3v) is 3.00. The summed E-state index contributed by atoms with van der Waals surface area (Å²) in [4.78, 5) is 0. The van der Waals surface area contributed by atoms with E-state index >= 15 is 0 Å². The van der Waals surface area contributed by atoms with Crippen LogP contribution in [-0.4, -0.2) is 5.11 Å². The third-order valence-electron chi connectivity index (χ3n) is 2.27. The molecule has 1 atom stereocenters. The van der Waals surface area contributed by atoms with Gasteiger partial charge in [0.1, 0.15) is 5.76 Å². The summed E-state index contributed by atoms with van der Waals surface area (Å²) in [7, 11) is 0. The highest BCUT2D eigenvalue weighted by molar-refractivity contribution is 7.07. The van der Waals surface area contributed by atoms with E-state index in [2.05, 4.69) is 5.38 Å². The zero-order chi connectivity index (χ0) is 9.97. The van der Waals surface area contributed by atoms with Crippen LogP contribution in [0.5, 0.6) is 0 Å². The van der Waals surface area contributed by atoms with E-state index in [0.29, 0.717) is 6.42 Å². The van der Waals surface area contributed by atoms with Gasteiger partial charge in [0.15, 0.2) is 0 Å². The van der Waals surface area contributed by atoms with Gasteiger partial charge in [0, 0.05) is 12.0 Å². The van der Waals surface area contributed by atoms with Crippen molar-refractivity contribution in [3.63, 3.8) is 0 Å². The molecule has 0 spiro atoms. The van der Waals surface area contributed by atoms with E-state index in [1.165, 1.54) is 5.56 Å². The molecule has 0 bridgehead atoms. The summed E-state index contributed by atoms with van der Waals surface area (Å²) in [6, 6.07) is 3.86. The highest BCUT2D eigenvalue weighted by atomic mass is 32.1. The van der Waals surface area contributed by atoms with E-state index in [4.69, 9.17) is 4.42 Å². The minimum Gasteiger partial charge on any atom is -0.469 e. The van der Waals surface area contributed by atoms with E-state index in [-0.39, 0.29) is 0 Å². The van der Waals surface area contributed by atoms with Crippen LogP contribution in [0.15, 0.2) is 33.6 Å². The first kappa shape index (κ1) is 9.49. The van der Waals surface area contributed by atoms with Crippen LogP contribution in [0.2, 0.25) is 0 Å². The lowest BCUT2D eigenvalue weighted by atomic mass is 10.0. The molecule has 0 aliphatic rings. The van der Waals surface area contributed by atoms with Crippen LogP contribution in [0.3, 0.4) is 0 Å². The molecule has 0 saturated heterocycles. The molecule has 1 unspecified atom stereocenters. The molecule has 0 fully saturated rings. The Labute approximate surface area is 86.8 Å². The van der Waals surface area contributed by atoms with Crippen molar-refractivity contribution in [2.75, 3.05) is 0 Å². The van der Waals surface area contributed by atoms with Gasteiger partial charge < -0.3 is 9.52 Å². The molecule has 0 aliphatic heterocycles. The first-order valence-electron chi connectivity index (χ1n) is 4.50. The van der Waals surface area contributed by atoms with Crippen LogP contribution in [0.1, 0.15) is 23.0 Å².